The minimum atomic E-state index is 0.340. The van der Waals surface area contributed by atoms with Gasteiger partial charge in [-0.3, -0.25) is 0 Å². The topological polar surface area (TPSA) is 32.7 Å². The van der Waals surface area contributed by atoms with Crippen molar-refractivity contribution >= 4 is 0 Å². The standard InChI is InChI=1S/C15H21NO2/c17-11-13-4-7-16(10-13)6-3-12-1-2-15-14(9-12)5-8-18-15/h1-2,9,13,17H,3-8,10-11H2. The minimum absolute atomic E-state index is 0.340. The Hall–Kier alpha value is -1.06. The minimum Gasteiger partial charge on any atom is -0.493 e. The summed E-state index contributed by atoms with van der Waals surface area (Å²) in [4.78, 5) is 2.46. The summed E-state index contributed by atoms with van der Waals surface area (Å²) in [5, 5.41) is 9.13. The molecule has 1 aromatic carbocycles. The van der Waals surface area contributed by atoms with E-state index in [1.165, 1.54) is 11.1 Å². The number of hydrogen-bond donors (Lipinski definition) is 1. The van der Waals surface area contributed by atoms with Gasteiger partial charge >= 0.3 is 0 Å². The summed E-state index contributed by atoms with van der Waals surface area (Å²) >= 11 is 0. The lowest BCUT2D eigenvalue weighted by Gasteiger charge is -2.15. The summed E-state index contributed by atoms with van der Waals surface area (Å²) < 4.78 is 5.52. The van der Waals surface area contributed by atoms with Crippen LogP contribution in [0.15, 0.2) is 18.2 Å². The van der Waals surface area contributed by atoms with Crippen molar-refractivity contribution in [3.05, 3.63) is 29.3 Å². The monoisotopic (exact) mass is 247 g/mol. The van der Waals surface area contributed by atoms with Crippen molar-refractivity contribution in [1.82, 2.24) is 4.90 Å². The van der Waals surface area contributed by atoms with Crippen LogP contribution in [0.2, 0.25) is 0 Å². The molecule has 0 spiro atoms. The first kappa shape index (κ1) is 12.0. The Labute approximate surface area is 108 Å². The molecule has 1 fully saturated rings. The highest BCUT2D eigenvalue weighted by Gasteiger charge is 2.21. The number of aliphatic hydroxyl groups excluding tert-OH is 1. The van der Waals surface area contributed by atoms with E-state index >= 15 is 0 Å². The Morgan fingerprint density at radius 2 is 2.33 bits per heavy atom. The second-order valence-corrected chi connectivity index (χ2v) is 5.43. The summed E-state index contributed by atoms with van der Waals surface area (Å²) in [5.41, 5.74) is 2.77. The van der Waals surface area contributed by atoms with Gasteiger partial charge in [-0.25, -0.2) is 0 Å². The maximum Gasteiger partial charge on any atom is 0.122 e. The fraction of sp³-hybridized carbons (Fsp3) is 0.600. The molecule has 1 aromatic rings. The van der Waals surface area contributed by atoms with Gasteiger partial charge in [-0.15, -0.1) is 0 Å². The first-order valence-corrected chi connectivity index (χ1v) is 6.93. The largest absolute Gasteiger partial charge is 0.493 e. The summed E-state index contributed by atoms with van der Waals surface area (Å²) in [5.74, 6) is 1.57. The highest BCUT2D eigenvalue weighted by Crippen LogP contribution is 2.26. The van der Waals surface area contributed by atoms with Crippen LogP contribution in [-0.2, 0) is 12.8 Å². The van der Waals surface area contributed by atoms with Gasteiger partial charge in [-0.1, -0.05) is 12.1 Å². The maximum absolute atomic E-state index is 9.13. The lowest BCUT2D eigenvalue weighted by atomic mass is 10.1. The van der Waals surface area contributed by atoms with Gasteiger partial charge in [-0.2, -0.15) is 0 Å². The van der Waals surface area contributed by atoms with E-state index in [-0.39, 0.29) is 0 Å². The summed E-state index contributed by atoms with van der Waals surface area (Å²) in [7, 11) is 0. The number of hydrogen-bond acceptors (Lipinski definition) is 3. The molecule has 18 heavy (non-hydrogen) atoms. The number of likely N-dealkylation sites (tertiary alicyclic amines) is 1. The van der Waals surface area contributed by atoms with Crippen LogP contribution in [0.1, 0.15) is 17.5 Å². The van der Waals surface area contributed by atoms with Crippen LogP contribution < -0.4 is 4.74 Å². The van der Waals surface area contributed by atoms with E-state index in [4.69, 9.17) is 9.84 Å². The Morgan fingerprint density at radius 1 is 1.39 bits per heavy atom. The molecular formula is C15H21NO2. The van der Waals surface area contributed by atoms with Crippen molar-refractivity contribution in [3.63, 3.8) is 0 Å². The summed E-state index contributed by atoms with van der Waals surface area (Å²) in [6.07, 6.45) is 3.30. The molecule has 3 heteroatoms. The van der Waals surface area contributed by atoms with Gasteiger partial charge in [0.2, 0.25) is 0 Å². The van der Waals surface area contributed by atoms with Crippen molar-refractivity contribution in [2.75, 3.05) is 32.8 Å². The molecule has 2 heterocycles. The van der Waals surface area contributed by atoms with Crippen LogP contribution in [0.3, 0.4) is 0 Å². The molecule has 1 unspecified atom stereocenters. The van der Waals surface area contributed by atoms with Crippen LogP contribution in [0.25, 0.3) is 0 Å². The molecule has 2 aliphatic rings. The Balaban J connectivity index is 1.54. The average molecular weight is 247 g/mol. The number of fused-ring (bicyclic) bond motifs is 1. The average Bonchev–Trinajstić information content (AvgIpc) is 3.04. The van der Waals surface area contributed by atoms with E-state index in [1.807, 2.05) is 0 Å². The fourth-order valence-corrected chi connectivity index (χ4v) is 2.95. The summed E-state index contributed by atoms with van der Waals surface area (Å²) in [6, 6.07) is 6.59. The molecule has 0 aromatic heterocycles. The SMILES string of the molecule is OCC1CCN(CCc2ccc3c(c2)CCO3)C1. The quantitative estimate of drug-likeness (QED) is 0.874. The number of aliphatic hydroxyl groups is 1. The molecule has 3 nitrogen and oxygen atoms in total. The van der Waals surface area contributed by atoms with Gasteiger partial charge in [0.25, 0.3) is 0 Å². The van der Waals surface area contributed by atoms with E-state index in [0.717, 1.165) is 51.3 Å². The molecule has 1 atom stereocenters. The van der Waals surface area contributed by atoms with E-state index in [2.05, 4.69) is 23.1 Å². The third-order valence-corrected chi connectivity index (χ3v) is 4.10. The molecule has 0 amide bonds. The van der Waals surface area contributed by atoms with E-state index in [0.29, 0.717) is 12.5 Å². The summed E-state index contributed by atoms with van der Waals surface area (Å²) in [6.45, 7) is 4.48. The molecular weight excluding hydrogens is 226 g/mol. The van der Waals surface area contributed by atoms with Gasteiger partial charge in [0, 0.05) is 26.1 Å². The molecule has 2 aliphatic heterocycles. The van der Waals surface area contributed by atoms with Crippen LogP contribution in [0.4, 0.5) is 0 Å². The number of rotatable bonds is 4. The number of ether oxygens (including phenoxy) is 1. The molecule has 3 rings (SSSR count). The molecule has 1 saturated heterocycles. The van der Waals surface area contributed by atoms with Crippen molar-refractivity contribution in [2.45, 2.75) is 19.3 Å². The molecule has 0 aliphatic carbocycles. The lowest BCUT2D eigenvalue weighted by molar-refractivity contribution is 0.222. The smallest absolute Gasteiger partial charge is 0.122 e. The normalized spacial score (nSPS) is 23.1. The maximum atomic E-state index is 9.13. The Bertz CT molecular complexity index is 419. The van der Waals surface area contributed by atoms with Crippen molar-refractivity contribution in [1.29, 1.82) is 0 Å². The van der Waals surface area contributed by atoms with Crippen LogP contribution in [0.5, 0.6) is 5.75 Å². The highest BCUT2D eigenvalue weighted by atomic mass is 16.5. The van der Waals surface area contributed by atoms with E-state index < -0.39 is 0 Å². The fourth-order valence-electron chi connectivity index (χ4n) is 2.95. The molecule has 0 radical (unpaired) electrons. The zero-order valence-corrected chi connectivity index (χ0v) is 10.8. The van der Waals surface area contributed by atoms with Crippen LogP contribution in [0, 0.1) is 5.92 Å². The van der Waals surface area contributed by atoms with Crippen molar-refractivity contribution in [2.24, 2.45) is 5.92 Å². The molecule has 0 bridgehead atoms. The first-order valence-electron chi connectivity index (χ1n) is 6.93. The Kier molecular flexibility index (Phi) is 3.52. The Morgan fingerprint density at radius 3 is 3.17 bits per heavy atom. The first-order chi connectivity index (χ1) is 8.85. The predicted molar refractivity (Wildman–Crippen MR) is 71.0 cm³/mol. The third kappa shape index (κ3) is 2.52. The zero-order chi connectivity index (χ0) is 12.4. The van der Waals surface area contributed by atoms with Gasteiger partial charge in [-0.05, 0) is 42.5 Å². The van der Waals surface area contributed by atoms with Gasteiger partial charge < -0.3 is 14.7 Å². The van der Waals surface area contributed by atoms with Crippen molar-refractivity contribution < 1.29 is 9.84 Å². The molecule has 1 N–H and O–H groups in total. The predicted octanol–water partition coefficient (Wildman–Crippen LogP) is 1.48. The molecule has 98 valence electrons. The van der Waals surface area contributed by atoms with E-state index in [9.17, 15) is 0 Å². The third-order valence-electron chi connectivity index (χ3n) is 4.10. The zero-order valence-electron chi connectivity index (χ0n) is 10.8. The van der Waals surface area contributed by atoms with Gasteiger partial charge in [0.1, 0.15) is 5.75 Å². The molecule has 0 saturated carbocycles. The van der Waals surface area contributed by atoms with Crippen LogP contribution >= 0.6 is 0 Å². The second kappa shape index (κ2) is 5.29. The van der Waals surface area contributed by atoms with Gasteiger partial charge in [0.05, 0.1) is 6.61 Å². The van der Waals surface area contributed by atoms with Crippen LogP contribution in [-0.4, -0.2) is 42.9 Å². The second-order valence-electron chi connectivity index (χ2n) is 5.43. The highest BCUT2D eigenvalue weighted by molar-refractivity contribution is 5.39. The van der Waals surface area contributed by atoms with Crippen molar-refractivity contribution in [3.8, 4) is 5.75 Å². The number of benzene rings is 1. The van der Waals surface area contributed by atoms with E-state index in [1.54, 1.807) is 0 Å². The number of nitrogens with zero attached hydrogens (tertiary/aromatic N) is 1. The van der Waals surface area contributed by atoms with Gasteiger partial charge in [0.15, 0.2) is 0 Å². The lowest BCUT2D eigenvalue weighted by Crippen LogP contribution is -2.24.